The van der Waals surface area contributed by atoms with Crippen molar-refractivity contribution in [2.75, 3.05) is 0 Å². The molecule has 0 N–H and O–H groups in total. The highest BCUT2D eigenvalue weighted by Gasteiger charge is 2.08. The molecule has 0 atom stereocenters. The second-order valence-corrected chi connectivity index (χ2v) is 4.61. The van der Waals surface area contributed by atoms with Crippen molar-refractivity contribution in [3.05, 3.63) is 42.1 Å². The van der Waals surface area contributed by atoms with Gasteiger partial charge in [0, 0.05) is 6.54 Å². The first-order valence-electron chi connectivity index (χ1n) is 5.76. The molecule has 0 saturated heterocycles. The van der Waals surface area contributed by atoms with Crippen molar-refractivity contribution in [2.45, 2.75) is 27.3 Å². The van der Waals surface area contributed by atoms with E-state index in [4.69, 9.17) is 0 Å². The zero-order valence-corrected chi connectivity index (χ0v) is 10.1. The Labute approximate surface area is 96.9 Å². The molecule has 0 amide bonds. The topological polar surface area (TPSA) is 17.8 Å². The van der Waals surface area contributed by atoms with Crippen molar-refractivity contribution in [1.82, 2.24) is 9.78 Å². The molecule has 1 heterocycles. The quantitative estimate of drug-likeness (QED) is 0.764. The minimum absolute atomic E-state index is 0.613. The molecule has 2 nitrogen and oxygen atoms in total. The molecule has 0 saturated carbocycles. The van der Waals surface area contributed by atoms with Crippen LogP contribution < -0.4 is 0 Å². The summed E-state index contributed by atoms with van der Waals surface area (Å²) in [6.07, 6.45) is 0. The molecule has 16 heavy (non-hydrogen) atoms. The van der Waals surface area contributed by atoms with Gasteiger partial charge in [-0.1, -0.05) is 44.2 Å². The van der Waals surface area contributed by atoms with E-state index in [1.54, 1.807) is 0 Å². The second kappa shape index (κ2) is 4.52. The molecular weight excluding hydrogens is 196 g/mol. The van der Waals surface area contributed by atoms with Crippen molar-refractivity contribution in [3.8, 4) is 11.3 Å². The Balaban J connectivity index is 2.40. The molecule has 2 rings (SSSR count). The van der Waals surface area contributed by atoms with E-state index in [9.17, 15) is 0 Å². The Hall–Kier alpha value is -1.57. The maximum atomic E-state index is 4.54. The lowest BCUT2D eigenvalue weighted by Gasteiger charge is -2.09. The van der Waals surface area contributed by atoms with Gasteiger partial charge in [0.1, 0.15) is 0 Å². The van der Waals surface area contributed by atoms with E-state index >= 15 is 0 Å². The summed E-state index contributed by atoms with van der Waals surface area (Å²) in [5.41, 5.74) is 3.54. The van der Waals surface area contributed by atoms with Crippen molar-refractivity contribution in [1.29, 1.82) is 0 Å². The molecule has 0 aliphatic carbocycles. The zero-order chi connectivity index (χ0) is 11.5. The first kappa shape index (κ1) is 10.9. The SMILES string of the molecule is Cc1cc(-c2ccccc2)n(CC(C)C)n1. The van der Waals surface area contributed by atoms with Crippen LogP contribution in [0.1, 0.15) is 19.5 Å². The summed E-state index contributed by atoms with van der Waals surface area (Å²) < 4.78 is 2.11. The van der Waals surface area contributed by atoms with Crippen LogP contribution >= 0.6 is 0 Å². The van der Waals surface area contributed by atoms with Crippen LogP contribution in [-0.4, -0.2) is 9.78 Å². The van der Waals surface area contributed by atoms with Crippen LogP contribution in [0.15, 0.2) is 36.4 Å². The summed E-state index contributed by atoms with van der Waals surface area (Å²) in [5.74, 6) is 0.613. The van der Waals surface area contributed by atoms with Crippen molar-refractivity contribution < 1.29 is 0 Å². The lowest BCUT2D eigenvalue weighted by atomic mass is 10.1. The fourth-order valence-electron chi connectivity index (χ4n) is 1.87. The van der Waals surface area contributed by atoms with Crippen LogP contribution in [0.5, 0.6) is 0 Å². The van der Waals surface area contributed by atoms with Crippen LogP contribution in [0.25, 0.3) is 11.3 Å². The highest BCUT2D eigenvalue weighted by molar-refractivity contribution is 5.59. The number of aromatic nitrogens is 2. The van der Waals surface area contributed by atoms with Gasteiger partial charge in [0.05, 0.1) is 11.4 Å². The highest BCUT2D eigenvalue weighted by atomic mass is 15.3. The standard InChI is InChI=1S/C14H18N2/c1-11(2)10-16-14(9-12(3)15-16)13-7-5-4-6-8-13/h4-9,11H,10H2,1-3H3. The Morgan fingerprint density at radius 1 is 1.19 bits per heavy atom. The first-order chi connectivity index (χ1) is 7.66. The summed E-state index contributed by atoms with van der Waals surface area (Å²) in [7, 11) is 0. The van der Waals surface area contributed by atoms with E-state index in [1.807, 2.05) is 13.0 Å². The van der Waals surface area contributed by atoms with Crippen LogP contribution in [0, 0.1) is 12.8 Å². The minimum Gasteiger partial charge on any atom is -0.264 e. The molecule has 0 bridgehead atoms. The van der Waals surface area contributed by atoms with Gasteiger partial charge in [-0.05, 0) is 24.5 Å². The Bertz CT molecular complexity index is 455. The summed E-state index contributed by atoms with van der Waals surface area (Å²) in [5, 5.41) is 4.54. The van der Waals surface area contributed by atoms with Gasteiger partial charge in [0.2, 0.25) is 0 Å². The maximum Gasteiger partial charge on any atom is 0.0685 e. The van der Waals surface area contributed by atoms with E-state index in [1.165, 1.54) is 11.3 Å². The smallest absolute Gasteiger partial charge is 0.0685 e. The Kier molecular flexibility index (Phi) is 3.09. The fraction of sp³-hybridized carbons (Fsp3) is 0.357. The summed E-state index contributed by atoms with van der Waals surface area (Å²) in [6.45, 7) is 7.44. The van der Waals surface area contributed by atoms with E-state index < -0.39 is 0 Å². The van der Waals surface area contributed by atoms with Gasteiger partial charge in [0.15, 0.2) is 0 Å². The zero-order valence-electron chi connectivity index (χ0n) is 10.1. The van der Waals surface area contributed by atoms with Gasteiger partial charge in [-0.15, -0.1) is 0 Å². The number of aryl methyl sites for hydroxylation is 1. The molecule has 0 spiro atoms. The van der Waals surface area contributed by atoms with E-state index in [2.05, 4.69) is 54.0 Å². The van der Waals surface area contributed by atoms with Crippen LogP contribution in [0.3, 0.4) is 0 Å². The third kappa shape index (κ3) is 2.32. The molecule has 1 aromatic heterocycles. The Morgan fingerprint density at radius 3 is 2.50 bits per heavy atom. The largest absolute Gasteiger partial charge is 0.264 e. The third-order valence-corrected chi connectivity index (χ3v) is 2.51. The molecule has 84 valence electrons. The normalized spacial score (nSPS) is 11.0. The number of hydrogen-bond acceptors (Lipinski definition) is 1. The minimum atomic E-state index is 0.613. The molecule has 2 aromatic rings. The lowest BCUT2D eigenvalue weighted by molar-refractivity contribution is 0.485. The maximum absolute atomic E-state index is 4.54. The van der Waals surface area contributed by atoms with Gasteiger partial charge in [-0.2, -0.15) is 5.10 Å². The highest BCUT2D eigenvalue weighted by Crippen LogP contribution is 2.20. The van der Waals surface area contributed by atoms with Crippen LogP contribution in [0.4, 0.5) is 0 Å². The molecule has 2 heteroatoms. The average molecular weight is 214 g/mol. The van der Waals surface area contributed by atoms with Gasteiger partial charge in [0.25, 0.3) is 0 Å². The molecule has 0 aliphatic rings. The number of rotatable bonds is 3. The molecule has 0 aliphatic heterocycles. The third-order valence-electron chi connectivity index (χ3n) is 2.51. The number of hydrogen-bond donors (Lipinski definition) is 0. The van der Waals surface area contributed by atoms with Gasteiger partial charge >= 0.3 is 0 Å². The van der Waals surface area contributed by atoms with E-state index in [0.29, 0.717) is 5.92 Å². The van der Waals surface area contributed by atoms with Crippen molar-refractivity contribution in [3.63, 3.8) is 0 Å². The summed E-state index contributed by atoms with van der Waals surface area (Å²) in [6, 6.07) is 12.6. The molecule has 0 unspecified atom stereocenters. The van der Waals surface area contributed by atoms with E-state index in [0.717, 1.165) is 12.2 Å². The number of nitrogens with zero attached hydrogens (tertiary/aromatic N) is 2. The molecule has 0 radical (unpaired) electrons. The molecular formula is C14H18N2. The predicted molar refractivity (Wildman–Crippen MR) is 67.2 cm³/mol. The average Bonchev–Trinajstić information content (AvgIpc) is 2.60. The monoisotopic (exact) mass is 214 g/mol. The number of benzene rings is 1. The molecule has 0 fully saturated rings. The van der Waals surface area contributed by atoms with Gasteiger partial charge in [-0.25, -0.2) is 0 Å². The summed E-state index contributed by atoms with van der Waals surface area (Å²) >= 11 is 0. The van der Waals surface area contributed by atoms with Gasteiger partial charge < -0.3 is 0 Å². The fourth-order valence-corrected chi connectivity index (χ4v) is 1.87. The van der Waals surface area contributed by atoms with Crippen LogP contribution in [-0.2, 0) is 6.54 Å². The first-order valence-corrected chi connectivity index (χ1v) is 5.76. The second-order valence-electron chi connectivity index (χ2n) is 4.61. The van der Waals surface area contributed by atoms with Gasteiger partial charge in [-0.3, -0.25) is 4.68 Å². The van der Waals surface area contributed by atoms with Crippen LogP contribution in [0.2, 0.25) is 0 Å². The summed E-state index contributed by atoms with van der Waals surface area (Å²) in [4.78, 5) is 0. The van der Waals surface area contributed by atoms with E-state index in [-0.39, 0.29) is 0 Å². The van der Waals surface area contributed by atoms with Crippen molar-refractivity contribution in [2.24, 2.45) is 5.92 Å². The van der Waals surface area contributed by atoms with Crippen molar-refractivity contribution >= 4 is 0 Å². The Morgan fingerprint density at radius 2 is 1.88 bits per heavy atom. The predicted octanol–water partition coefficient (Wildman–Crippen LogP) is 3.51. The lowest BCUT2D eigenvalue weighted by Crippen LogP contribution is -2.07. The molecule has 1 aromatic carbocycles.